The summed E-state index contributed by atoms with van der Waals surface area (Å²) in [5.74, 6) is 0. The highest BCUT2D eigenvalue weighted by Crippen LogP contribution is 2.22. The molecule has 1 aliphatic rings. The van der Waals surface area contributed by atoms with Gasteiger partial charge in [-0.1, -0.05) is 23.4 Å². The predicted molar refractivity (Wildman–Crippen MR) is 103 cm³/mol. The average molecular weight is 389 g/mol. The van der Waals surface area contributed by atoms with Gasteiger partial charge in [0.05, 0.1) is 31.6 Å². The molecular weight excluding hydrogens is 362 g/mol. The van der Waals surface area contributed by atoms with Gasteiger partial charge in [0.2, 0.25) is 0 Å². The van der Waals surface area contributed by atoms with E-state index in [0.717, 1.165) is 30.6 Å². The normalized spacial score (nSPS) is 22.0. The molecule has 3 rings (SSSR count). The Hall–Kier alpha value is -2.49. The molecule has 9 heteroatoms. The average Bonchev–Trinajstić information content (AvgIpc) is 3.15. The lowest BCUT2D eigenvalue weighted by Gasteiger charge is -2.36. The number of para-hydroxylation sites is 1. The maximum absolute atomic E-state index is 12.2. The number of nitrogens with zero attached hydrogens (tertiary/aromatic N) is 3. The number of hydrogen-bond donors (Lipinski definition) is 3. The van der Waals surface area contributed by atoms with Crippen molar-refractivity contribution in [2.45, 2.75) is 50.7 Å². The standard InChI is InChI=1S/C19H27N5O4/c1-27-13-15-11-24(23-22-15)10-9-16-7-8-17(18(12-25)28-16)21-19(26)20-14-5-3-2-4-6-14/h2-6,11,16-18,25H,7-10,12-13H2,1H3,(H2,20,21,26)/t16-,17+,18-/m1/s1. The van der Waals surface area contributed by atoms with Crippen molar-refractivity contribution in [3.05, 3.63) is 42.2 Å². The molecule has 2 amide bonds. The van der Waals surface area contributed by atoms with Crippen molar-refractivity contribution < 1.29 is 19.4 Å². The lowest BCUT2D eigenvalue weighted by atomic mass is 9.97. The Kier molecular flexibility index (Phi) is 7.35. The molecule has 1 fully saturated rings. The second-order valence-corrected chi connectivity index (χ2v) is 6.82. The Balaban J connectivity index is 1.45. The van der Waals surface area contributed by atoms with E-state index >= 15 is 0 Å². The highest BCUT2D eigenvalue weighted by atomic mass is 16.5. The minimum Gasteiger partial charge on any atom is -0.394 e. The molecule has 152 valence electrons. The van der Waals surface area contributed by atoms with E-state index in [1.54, 1.807) is 11.8 Å². The van der Waals surface area contributed by atoms with Gasteiger partial charge in [0.1, 0.15) is 11.8 Å². The zero-order chi connectivity index (χ0) is 19.8. The molecule has 0 radical (unpaired) electrons. The van der Waals surface area contributed by atoms with Gasteiger partial charge in [-0.2, -0.15) is 0 Å². The molecule has 3 N–H and O–H groups in total. The van der Waals surface area contributed by atoms with Crippen LogP contribution >= 0.6 is 0 Å². The van der Waals surface area contributed by atoms with Crippen LogP contribution in [-0.4, -0.2) is 58.1 Å². The minimum atomic E-state index is -0.430. The first kappa shape index (κ1) is 20.2. The third-order valence-electron chi connectivity index (χ3n) is 4.70. The van der Waals surface area contributed by atoms with Gasteiger partial charge in [-0.05, 0) is 31.4 Å². The largest absolute Gasteiger partial charge is 0.394 e. The van der Waals surface area contributed by atoms with E-state index in [1.807, 2.05) is 36.5 Å². The fraction of sp³-hybridized carbons (Fsp3) is 0.526. The van der Waals surface area contributed by atoms with Crippen molar-refractivity contribution >= 4 is 11.7 Å². The first-order chi connectivity index (χ1) is 13.7. The summed E-state index contributed by atoms with van der Waals surface area (Å²) in [5, 5.41) is 23.5. The van der Waals surface area contributed by atoms with Crippen LogP contribution in [0.25, 0.3) is 0 Å². The SMILES string of the molecule is COCc1cn(CC[C@H]2CC[C@H](NC(=O)Nc3ccccc3)[C@@H](CO)O2)nn1. The highest BCUT2D eigenvalue weighted by Gasteiger charge is 2.31. The third-order valence-corrected chi connectivity index (χ3v) is 4.70. The molecular formula is C19H27N5O4. The molecule has 0 unspecified atom stereocenters. The molecule has 0 bridgehead atoms. The van der Waals surface area contributed by atoms with Gasteiger partial charge in [-0.25, -0.2) is 4.79 Å². The Bertz CT molecular complexity index is 739. The number of ether oxygens (including phenoxy) is 2. The fourth-order valence-electron chi connectivity index (χ4n) is 3.30. The number of rotatable bonds is 8. The Labute approximate surface area is 164 Å². The quantitative estimate of drug-likeness (QED) is 0.632. The minimum absolute atomic E-state index is 0.00228. The summed E-state index contributed by atoms with van der Waals surface area (Å²) in [4.78, 5) is 12.2. The van der Waals surface area contributed by atoms with Gasteiger partial charge < -0.3 is 25.2 Å². The third kappa shape index (κ3) is 5.75. The summed E-state index contributed by atoms with van der Waals surface area (Å²) in [7, 11) is 1.62. The highest BCUT2D eigenvalue weighted by molar-refractivity contribution is 5.89. The molecule has 9 nitrogen and oxygen atoms in total. The van der Waals surface area contributed by atoms with E-state index in [4.69, 9.17) is 9.47 Å². The summed E-state index contributed by atoms with van der Waals surface area (Å²) < 4.78 is 12.8. The van der Waals surface area contributed by atoms with Gasteiger partial charge in [-0.3, -0.25) is 4.68 Å². The number of carbonyl (C=O) groups is 1. The molecule has 1 saturated heterocycles. The van der Waals surface area contributed by atoms with Crippen molar-refractivity contribution in [1.29, 1.82) is 0 Å². The lowest BCUT2D eigenvalue weighted by molar-refractivity contribution is -0.0905. The Morgan fingerprint density at radius 2 is 2.18 bits per heavy atom. The number of aryl methyl sites for hydroxylation is 1. The van der Waals surface area contributed by atoms with Crippen LogP contribution < -0.4 is 10.6 Å². The van der Waals surface area contributed by atoms with Gasteiger partial charge in [0.15, 0.2) is 0 Å². The van der Waals surface area contributed by atoms with Crippen LogP contribution in [-0.2, 0) is 22.6 Å². The van der Waals surface area contributed by atoms with Crippen molar-refractivity contribution in [3.8, 4) is 0 Å². The molecule has 0 spiro atoms. The zero-order valence-electron chi connectivity index (χ0n) is 16.0. The van der Waals surface area contributed by atoms with E-state index in [9.17, 15) is 9.90 Å². The number of amides is 2. The van der Waals surface area contributed by atoms with Crippen molar-refractivity contribution in [2.75, 3.05) is 19.0 Å². The van der Waals surface area contributed by atoms with Gasteiger partial charge in [-0.15, -0.1) is 5.10 Å². The number of anilines is 1. The van der Waals surface area contributed by atoms with Crippen molar-refractivity contribution in [3.63, 3.8) is 0 Å². The summed E-state index contributed by atoms with van der Waals surface area (Å²) in [6.45, 7) is 0.963. The number of methoxy groups -OCH3 is 1. The lowest BCUT2D eigenvalue weighted by Crippen LogP contribution is -2.52. The summed E-state index contributed by atoms with van der Waals surface area (Å²) >= 11 is 0. The first-order valence-electron chi connectivity index (χ1n) is 9.44. The number of benzene rings is 1. The summed E-state index contributed by atoms with van der Waals surface area (Å²) in [6, 6.07) is 8.70. The smallest absolute Gasteiger partial charge is 0.319 e. The molecule has 0 aliphatic carbocycles. The van der Waals surface area contributed by atoms with Crippen LogP contribution in [0.15, 0.2) is 36.5 Å². The molecule has 1 aromatic heterocycles. The van der Waals surface area contributed by atoms with E-state index in [1.165, 1.54) is 0 Å². The topological polar surface area (TPSA) is 111 Å². The molecule has 3 atom stereocenters. The maximum Gasteiger partial charge on any atom is 0.319 e. The summed E-state index contributed by atoms with van der Waals surface area (Å²) in [6.07, 6.45) is 3.72. The molecule has 0 saturated carbocycles. The number of urea groups is 1. The van der Waals surface area contributed by atoms with Crippen LogP contribution in [0, 0.1) is 0 Å². The zero-order valence-corrected chi connectivity index (χ0v) is 16.0. The molecule has 1 aliphatic heterocycles. The number of aromatic nitrogens is 3. The van der Waals surface area contributed by atoms with E-state index in [-0.39, 0.29) is 24.8 Å². The van der Waals surface area contributed by atoms with E-state index in [0.29, 0.717) is 13.2 Å². The predicted octanol–water partition coefficient (Wildman–Crippen LogP) is 1.54. The number of aliphatic hydroxyl groups is 1. The van der Waals surface area contributed by atoms with Gasteiger partial charge in [0, 0.05) is 19.3 Å². The second-order valence-electron chi connectivity index (χ2n) is 6.82. The van der Waals surface area contributed by atoms with Gasteiger partial charge >= 0.3 is 6.03 Å². The summed E-state index contributed by atoms with van der Waals surface area (Å²) in [5.41, 5.74) is 1.50. The monoisotopic (exact) mass is 389 g/mol. The van der Waals surface area contributed by atoms with Gasteiger partial charge in [0.25, 0.3) is 0 Å². The van der Waals surface area contributed by atoms with Crippen molar-refractivity contribution in [1.82, 2.24) is 20.3 Å². The Morgan fingerprint density at radius 3 is 2.93 bits per heavy atom. The number of carbonyl (C=O) groups excluding carboxylic acids is 1. The van der Waals surface area contributed by atoms with Crippen LogP contribution in [0.4, 0.5) is 10.5 Å². The number of aliphatic hydroxyl groups excluding tert-OH is 1. The second kappa shape index (κ2) is 10.2. The fourth-order valence-corrected chi connectivity index (χ4v) is 3.30. The molecule has 2 heterocycles. The first-order valence-corrected chi connectivity index (χ1v) is 9.44. The van der Waals surface area contributed by atoms with Crippen molar-refractivity contribution in [2.24, 2.45) is 0 Å². The number of nitrogens with one attached hydrogen (secondary N) is 2. The molecule has 28 heavy (non-hydrogen) atoms. The maximum atomic E-state index is 12.2. The van der Waals surface area contributed by atoms with Crippen LogP contribution in [0.3, 0.4) is 0 Å². The van der Waals surface area contributed by atoms with E-state index < -0.39 is 6.10 Å². The van der Waals surface area contributed by atoms with Crippen LogP contribution in [0.5, 0.6) is 0 Å². The van der Waals surface area contributed by atoms with Crippen LogP contribution in [0.2, 0.25) is 0 Å². The van der Waals surface area contributed by atoms with Crippen LogP contribution in [0.1, 0.15) is 25.0 Å². The number of hydrogen-bond acceptors (Lipinski definition) is 6. The molecule has 1 aromatic carbocycles. The Morgan fingerprint density at radius 1 is 1.36 bits per heavy atom. The molecule has 2 aromatic rings. The van der Waals surface area contributed by atoms with E-state index in [2.05, 4.69) is 20.9 Å².